The smallest absolute Gasteiger partial charge is 0.207 e. The van der Waals surface area contributed by atoms with Crippen molar-refractivity contribution in [2.24, 2.45) is 0 Å². The van der Waals surface area contributed by atoms with E-state index in [1.54, 1.807) is 24.3 Å². The summed E-state index contributed by atoms with van der Waals surface area (Å²) in [6.45, 7) is 2.07. The van der Waals surface area contributed by atoms with E-state index in [0.29, 0.717) is 37.0 Å². The van der Waals surface area contributed by atoms with Gasteiger partial charge in [0.25, 0.3) is 0 Å². The van der Waals surface area contributed by atoms with Crippen LogP contribution in [-0.2, 0) is 20.0 Å². The minimum Gasteiger partial charge on any atom is -0.207 e. The number of rotatable bonds is 4. The van der Waals surface area contributed by atoms with E-state index in [2.05, 4.69) is 0 Å². The molecule has 0 amide bonds. The van der Waals surface area contributed by atoms with Gasteiger partial charge in [-0.25, -0.2) is 16.8 Å². The summed E-state index contributed by atoms with van der Waals surface area (Å²) in [5.74, 6) is 0. The second-order valence-electron chi connectivity index (χ2n) is 5.42. The highest BCUT2D eigenvalue weighted by Gasteiger charge is 2.36. The standard InChI is InChI=1S/C14H14N2O4S2/c17-21(18,15-7-8-15)13-5-1-3-11-12(13)4-2-6-14(11)22(19,20)16-9-10-16/h1-6H,7-10H2. The van der Waals surface area contributed by atoms with Crippen LogP contribution in [0.25, 0.3) is 10.8 Å². The van der Waals surface area contributed by atoms with Crippen LogP contribution in [0.4, 0.5) is 0 Å². The van der Waals surface area contributed by atoms with Crippen molar-refractivity contribution in [3.63, 3.8) is 0 Å². The summed E-state index contributed by atoms with van der Waals surface area (Å²) in [5.41, 5.74) is 0. The van der Waals surface area contributed by atoms with Crippen molar-refractivity contribution in [2.45, 2.75) is 9.79 Å². The predicted octanol–water partition coefficient (Wildman–Crippen LogP) is 0.848. The molecule has 2 heterocycles. The van der Waals surface area contributed by atoms with Crippen molar-refractivity contribution in [2.75, 3.05) is 26.2 Å². The molecule has 2 fully saturated rings. The molecule has 0 aromatic heterocycles. The summed E-state index contributed by atoms with van der Waals surface area (Å²) in [6.07, 6.45) is 0. The zero-order valence-electron chi connectivity index (χ0n) is 11.6. The van der Waals surface area contributed by atoms with Gasteiger partial charge in [0, 0.05) is 37.0 Å². The fraction of sp³-hybridized carbons (Fsp3) is 0.286. The highest BCUT2D eigenvalue weighted by atomic mass is 32.2. The van der Waals surface area contributed by atoms with E-state index in [0.717, 1.165) is 0 Å². The lowest BCUT2D eigenvalue weighted by atomic mass is 10.1. The predicted molar refractivity (Wildman–Crippen MR) is 81.5 cm³/mol. The first-order valence-corrected chi connectivity index (χ1v) is 9.82. The molecule has 116 valence electrons. The zero-order valence-corrected chi connectivity index (χ0v) is 13.3. The molecule has 0 N–H and O–H groups in total. The molecule has 2 saturated heterocycles. The molecule has 0 atom stereocenters. The highest BCUT2D eigenvalue weighted by molar-refractivity contribution is 7.90. The number of hydrogen-bond acceptors (Lipinski definition) is 4. The third-order valence-electron chi connectivity index (χ3n) is 3.89. The van der Waals surface area contributed by atoms with Crippen molar-refractivity contribution < 1.29 is 16.8 Å². The average Bonchev–Trinajstić information content (AvgIpc) is 3.37. The van der Waals surface area contributed by atoms with E-state index in [-0.39, 0.29) is 9.79 Å². The second kappa shape index (κ2) is 4.51. The van der Waals surface area contributed by atoms with Crippen LogP contribution in [0.15, 0.2) is 46.2 Å². The quantitative estimate of drug-likeness (QED) is 0.775. The molecular weight excluding hydrogens is 324 g/mol. The van der Waals surface area contributed by atoms with E-state index in [1.165, 1.54) is 20.7 Å². The third-order valence-corrected chi connectivity index (χ3v) is 7.80. The minimum absolute atomic E-state index is 0.172. The van der Waals surface area contributed by atoms with Gasteiger partial charge in [0.2, 0.25) is 20.0 Å². The third kappa shape index (κ3) is 2.06. The molecule has 2 aromatic carbocycles. The topological polar surface area (TPSA) is 74.3 Å². The molecule has 0 radical (unpaired) electrons. The van der Waals surface area contributed by atoms with Gasteiger partial charge in [-0.05, 0) is 12.1 Å². The highest BCUT2D eigenvalue weighted by Crippen LogP contribution is 2.33. The Morgan fingerprint density at radius 2 is 1.00 bits per heavy atom. The molecule has 2 aliphatic rings. The van der Waals surface area contributed by atoms with Gasteiger partial charge in [-0.1, -0.05) is 24.3 Å². The maximum Gasteiger partial charge on any atom is 0.243 e. The molecule has 0 bridgehead atoms. The summed E-state index contributed by atoms with van der Waals surface area (Å²) < 4.78 is 52.7. The molecular formula is C14H14N2O4S2. The van der Waals surface area contributed by atoms with Gasteiger partial charge in [-0.2, -0.15) is 8.61 Å². The van der Waals surface area contributed by atoms with Crippen molar-refractivity contribution in [3.8, 4) is 0 Å². The van der Waals surface area contributed by atoms with Gasteiger partial charge < -0.3 is 0 Å². The Morgan fingerprint density at radius 1 is 0.636 bits per heavy atom. The Bertz CT molecular complexity index is 894. The average molecular weight is 338 g/mol. The number of benzene rings is 2. The molecule has 8 heteroatoms. The van der Waals surface area contributed by atoms with Gasteiger partial charge in [-0.3, -0.25) is 0 Å². The Kier molecular flexibility index (Phi) is 2.90. The molecule has 0 spiro atoms. The molecule has 2 aromatic rings. The first kappa shape index (κ1) is 14.1. The molecule has 6 nitrogen and oxygen atoms in total. The van der Waals surface area contributed by atoms with E-state index >= 15 is 0 Å². The Balaban J connectivity index is 2.00. The van der Waals surface area contributed by atoms with E-state index < -0.39 is 20.0 Å². The lowest BCUT2D eigenvalue weighted by molar-refractivity contribution is 0.561. The first-order chi connectivity index (χ1) is 10.4. The molecule has 22 heavy (non-hydrogen) atoms. The first-order valence-electron chi connectivity index (χ1n) is 6.94. The largest absolute Gasteiger partial charge is 0.243 e. The SMILES string of the molecule is O=S(=O)(c1cccc2c(S(=O)(=O)N3CC3)cccc12)N1CC1. The lowest BCUT2D eigenvalue weighted by Gasteiger charge is -2.12. The summed E-state index contributed by atoms with van der Waals surface area (Å²) in [7, 11) is -7.07. The minimum atomic E-state index is -3.53. The maximum absolute atomic E-state index is 12.5. The van der Waals surface area contributed by atoms with Crippen LogP contribution in [0.3, 0.4) is 0 Å². The van der Waals surface area contributed by atoms with Crippen LogP contribution < -0.4 is 0 Å². The normalized spacial score (nSPS) is 19.5. The van der Waals surface area contributed by atoms with Gasteiger partial charge in [0.15, 0.2) is 0 Å². The Hall–Kier alpha value is -1.48. The van der Waals surface area contributed by atoms with Crippen LogP contribution in [0, 0.1) is 0 Å². The van der Waals surface area contributed by atoms with Gasteiger partial charge >= 0.3 is 0 Å². The van der Waals surface area contributed by atoms with Crippen molar-refractivity contribution in [3.05, 3.63) is 36.4 Å². The summed E-state index contributed by atoms with van der Waals surface area (Å²) in [5, 5.41) is 0.912. The fourth-order valence-electron chi connectivity index (χ4n) is 2.54. The van der Waals surface area contributed by atoms with Crippen molar-refractivity contribution in [1.29, 1.82) is 0 Å². The van der Waals surface area contributed by atoms with E-state index in [9.17, 15) is 16.8 Å². The summed E-state index contributed by atoms with van der Waals surface area (Å²) in [4.78, 5) is 0.343. The van der Waals surface area contributed by atoms with E-state index in [1.807, 2.05) is 0 Å². The number of sulfonamides is 2. The van der Waals surface area contributed by atoms with Gasteiger partial charge in [-0.15, -0.1) is 0 Å². The van der Waals surface area contributed by atoms with Gasteiger partial charge in [0.05, 0.1) is 9.79 Å². The summed E-state index contributed by atoms with van der Waals surface area (Å²) in [6, 6.07) is 9.58. The second-order valence-corrected chi connectivity index (χ2v) is 9.23. The van der Waals surface area contributed by atoms with Crippen LogP contribution in [0.2, 0.25) is 0 Å². The van der Waals surface area contributed by atoms with E-state index in [4.69, 9.17) is 0 Å². The van der Waals surface area contributed by atoms with Crippen LogP contribution in [0.5, 0.6) is 0 Å². The number of fused-ring (bicyclic) bond motifs is 1. The van der Waals surface area contributed by atoms with Crippen LogP contribution >= 0.6 is 0 Å². The molecule has 4 rings (SSSR count). The van der Waals surface area contributed by atoms with Crippen LogP contribution in [0.1, 0.15) is 0 Å². The fourth-order valence-corrected chi connectivity index (χ4v) is 5.64. The molecule has 0 unspecified atom stereocenters. The van der Waals surface area contributed by atoms with Crippen LogP contribution in [-0.4, -0.2) is 51.6 Å². The molecule has 0 saturated carbocycles. The zero-order chi connectivity index (χ0) is 15.5. The van der Waals surface area contributed by atoms with Gasteiger partial charge in [0.1, 0.15) is 0 Å². The Labute approximate surface area is 129 Å². The number of nitrogens with zero attached hydrogens (tertiary/aromatic N) is 2. The Morgan fingerprint density at radius 3 is 1.32 bits per heavy atom. The van der Waals surface area contributed by atoms with Crippen molar-refractivity contribution >= 4 is 30.8 Å². The molecule has 0 aliphatic carbocycles. The lowest BCUT2D eigenvalue weighted by Crippen LogP contribution is -2.14. The monoisotopic (exact) mass is 338 g/mol. The van der Waals surface area contributed by atoms with Crippen molar-refractivity contribution in [1.82, 2.24) is 8.61 Å². The summed E-state index contributed by atoms with van der Waals surface area (Å²) >= 11 is 0. The number of hydrogen-bond donors (Lipinski definition) is 0. The molecule has 2 aliphatic heterocycles. The maximum atomic E-state index is 12.5.